The lowest BCUT2D eigenvalue weighted by molar-refractivity contribution is 0.332. The normalized spacial score (nSPS) is 17.7. The van der Waals surface area contributed by atoms with E-state index in [4.69, 9.17) is 5.73 Å². The van der Waals surface area contributed by atoms with Crippen molar-refractivity contribution < 1.29 is 0 Å². The summed E-state index contributed by atoms with van der Waals surface area (Å²) in [7, 11) is 0. The van der Waals surface area contributed by atoms with E-state index in [0.29, 0.717) is 0 Å². The van der Waals surface area contributed by atoms with Crippen LogP contribution in [0.3, 0.4) is 0 Å². The van der Waals surface area contributed by atoms with E-state index in [1.165, 1.54) is 91.5 Å². The Labute approximate surface area is 338 Å². The molecule has 6 aromatic carbocycles. The number of hydrogen-bond donors (Lipinski definition) is 1. The zero-order valence-electron chi connectivity index (χ0n) is 34.7. The minimum Gasteiger partial charge on any atom is -0.398 e. The van der Waals surface area contributed by atoms with Gasteiger partial charge in [0.2, 0.25) is 0 Å². The van der Waals surface area contributed by atoms with Crippen LogP contribution in [-0.4, -0.2) is 0 Å². The van der Waals surface area contributed by atoms with E-state index >= 15 is 0 Å². The van der Waals surface area contributed by atoms with Crippen LogP contribution < -0.4 is 10.6 Å². The Balaban J connectivity index is 1.36. The van der Waals surface area contributed by atoms with E-state index in [0.717, 1.165) is 27.9 Å². The second-order valence-corrected chi connectivity index (χ2v) is 20.4. The van der Waals surface area contributed by atoms with Gasteiger partial charge in [0.05, 0.1) is 5.69 Å². The molecule has 0 bridgehead atoms. The number of nitrogen functional groups attached to an aromatic ring is 1. The third kappa shape index (κ3) is 6.06. The van der Waals surface area contributed by atoms with Crippen molar-refractivity contribution >= 4 is 54.9 Å². The highest BCUT2D eigenvalue weighted by Gasteiger charge is 2.40. The first kappa shape index (κ1) is 36.8. The molecule has 0 spiro atoms. The zero-order valence-corrected chi connectivity index (χ0v) is 35.5. The predicted octanol–water partition coefficient (Wildman–Crippen LogP) is 15.4. The molecule has 7 aromatic rings. The van der Waals surface area contributed by atoms with Gasteiger partial charge in [-0.05, 0) is 158 Å². The van der Waals surface area contributed by atoms with Crippen LogP contribution in [0.25, 0.3) is 43.1 Å². The molecule has 3 heteroatoms. The molecular weight excluding hydrogens is 697 g/mol. The molecule has 0 saturated heterocycles. The van der Waals surface area contributed by atoms with Crippen molar-refractivity contribution in [2.45, 2.75) is 110 Å². The molecule has 2 nitrogen and oxygen atoms in total. The van der Waals surface area contributed by atoms with Crippen LogP contribution in [-0.2, 0) is 21.7 Å². The summed E-state index contributed by atoms with van der Waals surface area (Å²) >= 11 is 1.88. The van der Waals surface area contributed by atoms with Gasteiger partial charge in [0.25, 0.3) is 0 Å². The highest BCUT2D eigenvalue weighted by Crippen LogP contribution is 2.54. The SMILES string of the molecule is Cc1cc2c(cc1N(c1cc(-c3ccccc3)cc(-c3cc4ccccc4cc3N)c1)c1csc3cc4c(cc13)C(C)(C)CCC4(C)C)C(C)(C)CCC2(C)C. The minimum atomic E-state index is 0.0704. The van der Waals surface area contributed by atoms with E-state index < -0.39 is 0 Å². The molecule has 0 amide bonds. The van der Waals surface area contributed by atoms with Gasteiger partial charge in [-0.15, -0.1) is 11.3 Å². The van der Waals surface area contributed by atoms with Gasteiger partial charge >= 0.3 is 0 Å². The fourth-order valence-electron chi connectivity index (χ4n) is 9.81. The van der Waals surface area contributed by atoms with Gasteiger partial charge in [-0.1, -0.05) is 116 Å². The molecule has 0 saturated carbocycles. The fraction of sp³-hybridized carbons (Fsp3) is 0.321. The Morgan fingerprint density at radius 1 is 0.518 bits per heavy atom. The fourth-order valence-corrected chi connectivity index (χ4v) is 10.8. The maximum Gasteiger partial charge on any atom is 0.0647 e. The number of nitrogens with two attached hydrogens (primary N) is 1. The van der Waals surface area contributed by atoms with Crippen molar-refractivity contribution in [2.24, 2.45) is 0 Å². The van der Waals surface area contributed by atoms with Gasteiger partial charge < -0.3 is 10.6 Å². The lowest BCUT2D eigenvalue weighted by atomic mass is 9.62. The number of aryl methyl sites for hydroxylation is 1. The molecule has 9 rings (SSSR count). The Hall–Kier alpha value is -4.86. The Morgan fingerprint density at radius 2 is 1.05 bits per heavy atom. The number of benzene rings is 6. The summed E-state index contributed by atoms with van der Waals surface area (Å²) in [5.41, 5.74) is 23.6. The van der Waals surface area contributed by atoms with Gasteiger partial charge in [-0.2, -0.15) is 0 Å². The number of thiophene rings is 1. The second kappa shape index (κ2) is 12.8. The van der Waals surface area contributed by atoms with Crippen LogP contribution >= 0.6 is 11.3 Å². The highest BCUT2D eigenvalue weighted by molar-refractivity contribution is 7.17. The number of nitrogens with zero attached hydrogens (tertiary/aromatic N) is 1. The summed E-state index contributed by atoms with van der Waals surface area (Å²) < 4.78 is 1.35. The monoisotopic (exact) mass is 752 g/mol. The Bertz CT molecular complexity index is 2670. The number of fused-ring (bicyclic) bond motifs is 4. The van der Waals surface area contributed by atoms with Crippen molar-refractivity contribution in [1.82, 2.24) is 0 Å². The van der Waals surface area contributed by atoms with Crippen molar-refractivity contribution in [2.75, 3.05) is 10.6 Å². The van der Waals surface area contributed by atoms with Crippen LogP contribution in [0, 0.1) is 6.92 Å². The van der Waals surface area contributed by atoms with Crippen LogP contribution in [0.1, 0.15) is 109 Å². The molecule has 284 valence electrons. The van der Waals surface area contributed by atoms with Crippen LogP contribution in [0.2, 0.25) is 0 Å². The van der Waals surface area contributed by atoms with Crippen molar-refractivity contribution in [3.8, 4) is 22.3 Å². The summed E-state index contributed by atoms with van der Waals surface area (Å²) in [6.45, 7) is 21.8. The summed E-state index contributed by atoms with van der Waals surface area (Å²) in [6.07, 6.45) is 4.75. The van der Waals surface area contributed by atoms with Crippen LogP contribution in [0.4, 0.5) is 22.7 Å². The zero-order chi connectivity index (χ0) is 39.4. The number of anilines is 4. The molecule has 0 aliphatic heterocycles. The van der Waals surface area contributed by atoms with Gasteiger partial charge in [0.15, 0.2) is 0 Å². The molecule has 0 unspecified atom stereocenters. The van der Waals surface area contributed by atoms with E-state index in [1.54, 1.807) is 0 Å². The lowest BCUT2D eigenvalue weighted by Gasteiger charge is -2.43. The van der Waals surface area contributed by atoms with Crippen molar-refractivity contribution in [3.63, 3.8) is 0 Å². The third-order valence-corrected chi connectivity index (χ3v) is 14.6. The quantitative estimate of drug-likeness (QED) is 0.177. The van der Waals surface area contributed by atoms with Gasteiger partial charge in [-0.25, -0.2) is 0 Å². The van der Waals surface area contributed by atoms with E-state index in [9.17, 15) is 0 Å². The molecule has 0 atom stereocenters. The first-order chi connectivity index (χ1) is 26.5. The molecule has 2 N–H and O–H groups in total. The maximum absolute atomic E-state index is 6.97. The summed E-state index contributed by atoms with van der Waals surface area (Å²) in [4.78, 5) is 2.59. The first-order valence-electron chi connectivity index (χ1n) is 20.5. The molecule has 0 fully saturated rings. The second-order valence-electron chi connectivity index (χ2n) is 19.5. The van der Waals surface area contributed by atoms with Crippen LogP contribution in [0.15, 0.2) is 115 Å². The van der Waals surface area contributed by atoms with Crippen LogP contribution in [0.5, 0.6) is 0 Å². The largest absolute Gasteiger partial charge is 0.398 e. The third-order valence-electron chi connectivity index (χ3n) is 13.7. The van der Waals surface area contributed by atoms with E-state index in [2.05, 4.69) is 182 Å². The number of hydrogen-bond acceptors (Lipinski definition) is 3. The summed E-state index contributed by atoms with van der Waals surface area (Å²) in [5.74, 6) is 0. The highest BCUT2D eigenvalue weighted by atomic mass is 32.1. The van der Waals surface area contributed by atoms with Crippen molar-refractivity contribution in [3.05, 3.63) is 142 Å². The average Bonchev–Trinajstić information content (AvgIpc) is 3.58. The van der Waals surface area contributed by atoms with E-state index in [1.807, 2.05) is 11.3 Å². The molecule has 0 radical (unpaired) electrons. The Kier molecular flexibility index (Phi) is 8.42. The average molecular weight is 753 g/mol. The van der Waals surface area contributed by atoms with Gasteiger partial charge in [0.1, 0.15) is 0 Å². The summed E-state index contributed by atoms with van der Waals surface area (Å²) in [5, 5.41) is 6.09. The molecule has 1 aromatic heterocycles. The lowest BCUT2D eigenvalue weighted by Crippen LogP contribution is -2.34. The van der Waals surface area contributed by atoms with E-state index in [-0.39, 0.29) is 21.7 Å². The van der Waals surface area contributed by atoms with Gasteiger partial charge in [-0.3, -0.25) is 0 Å². The summed E-state index contributed by atoms with van der Waals surface area (Å²) in [6, 6.07) is 41.0. The van der Waals surface area contributed by atoms with Gasteiger partial charge in [0, 0.05) is 38.1 Å². The molecular formula is C53H56N2S. The molecule has 1 heterocycles. The Morgan fingerprint density at radius 3 is 1.70 bits per heavy atom. The first-order valence-corrected chi connectivity index (χ1v) is 21.4. The standard InChI is InChI=1S/C53H56N2S/c1-33-23-42-44(52(6,7)21-19-50(42,2)3)30-47(33)55(48-32-56-49-31-45-43(29-41(48)49)51(4,5)20-22-53(45,8)9)39-25-37(34-15-11-10-12-16-34)24-38(26-39)40-27-35-17-13-14-18-36(35)28-46(40)54/h10-18,23-32H,19-22,54H2,1-9H3. The minimum absolute atomic E-state index is 0.0704. The smallest absolute Gasteiger partial charge is 0.0647 e. The molecule has 2 aliphatic carbocycles. The molecule has 56 heavy (non-hydrogen) atoms. The van der Waals surface area contributed by atoms with Crippen molar-refractivity contribution in [1.29, 1.82) is 0 Å². The molecule has 2 aliphatic rings. The number of rotatable bonds is 5. The maximum atomic E-state index is 6.97. The predicted molar refractivity (Wildman–Crippen MR) is 245 cm³/mol. The topological polar surface area (TPSA) is 29.3 Å².